The Morgan fingerprint density at radius 3 is 2.44 bits per heavy atom. The van der Waals surface area contributed by atoms with Gasteiger partial charge in [-0.15, -0.1) is 0 Å². The van der Waals surface area contributed by atoms with E-state index in [0.29, 0.717) is 5.58 Å². The molecule has 0 fully saturated rings. The average Bonchev–Trinajstić information content (AvgIpc) is 3.00. The number of hydrogen-bond donors (Lipinski definition) is 1. The van der Waals surface area contributed by atoms with Crippen LogP contribution in [0.2, 0.25) is 0 Å². The highest BCUT2D eigenvalue weighted by atomic mass is 16.6. The van der Waals surface area contributed by atoms with E-state index in [9.17, 15) is 14.9 Å². The highest BCUT2D eigenvalue weighted by Crippen LogP contribution is 2.33. The van der Waals surface area contributed by atoms with E-state index in [4.69, 9.17) is 4.42 Å². The Morgan fingerprint density at radius 1 is 1.04 bits per heavy atom. The van der Waals surface area contributed by atoms with Crippen molar-refractivity contribution in [1.82, 2.24) is 4.98 Å². The number of aryl methyl sites for hydroxylation is 2. The van der Waals surface area contributed by atoms with Crippen molar-refractivity contribution in [3.63, 3.8) is 0 Å². The number of nitro benzene ring substituents is 1. The van der Waals surface area contributed by atoms with E-state index in [1.54, 1.807) is 12.1 Å². The van der Waals surface area contributed by atoms with Crippen LogP contribution >= 0.6 is 0 Å². The molecule has 0 bridgehead atoms. The van der Waals surface area contributed by atoms with Crippen molar-refractivity contribution in [3.05, 3.63) is 74.1 Å². The van der Waals surface area contributed by atoms with Crippen LogP contribution in [-0.4, -0.2) is 9.91 Å². The Labute approximate surface area is 141 Å². The van der Waals surface area contributed by atoms with Gasteiger partial charge in [-0.3, -0.25) is 10.1 Å². The number of fused-ring (bicyclic) bond motifs is 3. The van der Waals surface area contributed by atoms with Gasteiger partial charge in [0.2, 0.25) is 0 Å². The highest BCUT2D eigenvalue weighted by Gasteiger charge is 2.14. The molecule has 0 aliphatic carbocycles. The van der Waals surface area contributed by atoms with E-state index in [2.05, 4.69) is 4.98 Å². The third-order valence-corrected chi connectivity index (χ3v) is 4.40. The molecule has 0 saturated carbocycles. The van der Waals surface area contributed by atoms with Gasteiger partial charge in [0.15, 0.2) is 0 Å². The number of hydrogen-bond acceptors (Lipinski definition) is 4. The molecule has 124 valence electrons. The number of rotatable bonds is 2. The smallest absolute Gasteiger partial charge is 0.336 e. The van der Waals surface area contributed by atoms with Crippen molar-refractivity contribution in [2.75, 3.05) is 0 Å². The zero-order valence-corrected chi connectivity index (χ0v) is 13.6. The van der Waals surface area contributed by atoms with Crippen LogP contribution in [0.15, 0.2) is 51.7 Å². The first-order chi connectivity index (χ1) is 11.9. The molecule has 25 heavy (non-hydrogen) atoms. The second-order valence-corrected chi connectivity index (χ2v) is 6.09. The molecule has 0 saturated heterocycles. The van der Waals surface area contributed by atoms with Crippen LogP contribution in [0.25, 0.3) is 33.1 Å². The molecule has 4 rings (SSSR count). The summed E-state index contributed by atoms with van der Waals surface area (Å²) in [5.74, 6) is 0. The van der Waals surface area contributed by atoms with Crippen molar-refractivity contribution in [1.29, 1.82) is 0 Å². The molecule has 0 spiro atoms. The lowest BCUT2D eigenvalue weighted by Crippen LogP contribution is -1.98. The van der Waals surface area contributed by atoms with Gasteiger partial charge in [-0.05, 0) is 54.8 Å². The van der Waals surface area contributed by atoms with Crippen LogP contribution < -0.4 is 5.63 Å². The SMILES string of the molecule is Cc1cc2oc(=O)cc(C)c2c2cc(-c3ccc([N+](=O)[O-])cc3)[nH]c12. The fourth-order valence-corrected chi connectivity index (χ4v) is 3.23. The minimum atomic E-state index is -0.419. The molecule has 0 radical (unpaired) electrons. The molecule has 0 amide bonds. The standard InChI is InChI=1S/C19H14N2O4/c1-10-8-17(22)25-16-7-11(2)19-14(18(10)16)9-15(20-19)12-3-5-13(6-4-12)21(23)24/h3-9,20H,1-2H3. The van der Waals surface area contributed by atoms with Gasteiger partial charge < -0.3 is 9.40 Å². The summed E-state index contributed by atoms with van der Waals surface area (Å²) in [6.07, 6.45) is 0. The molecular weight excluding hydrogens is 320 g/mol. The van der Waals surface area contributed by atoms with Crippen molar-refractivity contribution < 1.29 is 9.34 Å². The zero-order valence-electron chi connectivity index (χ0n) is 13.6. The number of nitrogens with one attached hydrogen (secondary N) is 1. The maximum absolute atomic E-state index is 11.6. The van der Waals surface area contributed by atoms with Crippen LogP contribution in [0.1, 0.15) is 11.1 Å². The maximum atomic E-state index is 11.6. The van der Waals surface area contributed by atoms with Gasteiger partial charge in [-0.2, -0.15) is 0 Å². The predicted molar refractivity (Wildman–Crippen MR) is 95.9 cm³/mol. The minimum absolute atomic E-state index is 0.0547. The Hall–Kier alpha value is -3.41. The van der Waals surface area contributed by atoms with Gasteiger partial charge in [0.25, 0.3) is 5.69 Å². The fraction of sp³-hybridized carbons (Fsp3) is 0.105. The fourth-order valence-electron chi connectivity index (χ4n) is 3.23. The predicted octanol–water partition coefficient (Wildman–Crippen LogP) is 4.47. The van der Waals surface area contributed by atoms with Gasteiger partial charge >= 0.3 is 5.63 Å². The third kappa shape index (κ3) is 2.39. The Morgan fingerprint density at radius 2 is 1.76 bits per heavy atom. The first-order valence-electron chi connectivity index (χ1n) is 7.75. The Bertz CT molecular complexity index is 1200. The van der Waals surface area contributed by atoms with E-state index in [1.165, 1.54) is 18.2 Å². The summed E-state index contributed by atoms with van der Waals surface area (Å²) in [5, 5.41) is 12.7. The molecule has 2 heterocycles. The van der Waals surface area contributed by atoms with Gasteiger partial charge in [-0.25, -0.2) is 4.79 Å². The summed E-state index contributed by atoms with van der Waals surface area (Å²) in [7, 11) is 0. The number of nitro groups is 1. The molecule has 4 aromatic rings. The summed E-state index contributed by atoms with van der Waals surface area (Å²) < 4.78 is 5.34. The summed E-state index contributed by atoms with van der Waals surface area (Å²) >= 11 is 0. The van der Waals surface area contributed by atoms with E-state index in [0.717, 1.165) is 38.7 Å². The van der Waals surface area contributed by atoms with Crippen molar-refractivity contribution >= 4 is 27.6 Å². The van der Waals surface area contributed by atoms with Crippen LogP contribution in [0.5, 0.6) is 0 Å². The van der Waals surface area contributed by atoms with Crippen LogP contribution in [0.4, 0.5) is 5.69 Å². The maximum Gasteiger partial charge on any atom is 0.336 e. The summed E-state index contributed by atoms with van der Waals surface area (Å²) in [6.45, 7) is 3.83. The Kier molecular flexibility index (Phi) is 3.21. The lowest BCUT2D eigenvalue weighted by Gasteiger charge is -2.04. The molecule has 6 heteroatoms. The van der Waals surface area contributed by atoms with Gasteiger partial charge in [-0.1, -0.05) is 0 Å². The van der Waals surface area contributed by atoms with Crippen molar-refractivity contribution in [3.8, 4) is 11.3 Å². The second-order valence-electron chi connectivity index (χ2n) is 6.09. The van der Waals surface area contributed by atoms with E-state index >= 15 is 0 Å². The quantitative estimate of drug-likeness (QED) is 0.333. The molecular formula is C19H14N2O4. The number of non-ortho nitro benzene ring substituents is 1. The molecule has 0 aliphatic heterocycles. The number of aromatic amines is 1. The van der Waals surface area contributed by atoms with Crippen LogP contribution in [0, 0.1) is 24.0 Å². The molecule has 0 atom stereocenters. The molecule has 6 nitrogen and oxygen atoms in total. The van der Waals surface area contributed by atoms with Crippen LogP contribution in [-0.2, 0) is 0 Å². The molecule has 2 aromatic heterocycles. The molecule has 0 unspecified atom stereocenters. The number of nitrogens with zero attached hydrogens (tertiary/aromatic N) is 1. The largest absolute Gasteiger partial charge is 0.423 e. The highest BCUT2D eigenvalue weighted by molar-refractivity contribution is 6.09. The number of benzene rings is 2. The summed E-state index contributed by atoms with van der Waals surface area (Å²) in [6, 6.07) is 11.7. The van der Waals surface area contributed by atoms with E-state index < -0.39 is 4.92 Å². The van der Waals surface area contributed by atoms with E-state index in [-0.39, 0.29) is 11.3 Å². The minimum Gasteiger partial charge on any atom is -0.423 e. The summed E-state index contributed by atoms with van der Waals surface area (Å²) in [5.41, 5.74) is 4.72. The molecule has 1 N–H and O–H groups in total. The lowest BCUT2D eigenvalue weighted by atomic mass is 10.0. The van der Waals surface area contributed by atoms with Crippen LogP contribution in [0.3, 0.4) is 0 Å². The summed E-state index contributed by atoms with van der Waals surface area (Å²) in [4.78, 5) is 25.4. The average molecular weight is 334 g/mol. The normalized spacial score (nSPS) is 11.3. The topological polar surface area (TPSA) is 89.1 Å². The molecule has 0 aliphatic rings. The van der Waals surface area contributed by atoms with Gasteiger partial charge in [0.05, 0.1) is 4.92 Å². The first-order valence-corrected chi connectivity index (χ1v) is 7.75. The van der Waals surface area contributed by atoms with Gasteiger partial charge in [0.1, 0.15) is 5.58 Å². The third-order valence-electron chi connectivity index (χ3n) is 4.40. The monoisotopic (exact) mass is 334 g/mol. The van der Waals surface area contributed by atoms with E-state index in [1.807, 2.05) is 26.0 Å². The first kappa shape index (κ1) is 15.1. The van der Waals surface area contributed by atoms with Crippen molar-refractivity contribution in [2.45, 2.75) is 13.8 Å². The van der Waals surface area contributed by atoms with Crippen molar-refractivity contribution in [2.24, 2.45) is 0 Å². The Balaban J connectivity index is 1.98. The number of H-pyrrole nitrogens is 1. The van der Waals surface area contributed by atoms with Gasteiger partial charge in [0, 0.05) is 40.2 Å². The number of aromatic nitrogens is 1. The zero-order chi connectivity index (χ0) is 17.7. The lowest BCUT2D eigenvalue weighted by molar-refractivity contribution is -0.384. The molecule has 2 aromatic carbocycles. The second kappa shape index (κ2) is 5.31.